The zero-order chi connectivity index (χ0) is 20.7. The van der Waals surface area contributed by atoms with Crippen molar-refractivity contribution in [2.75, 3.05) is 19.5 Å². The van der Waals surface area contributed by atoms with Crippen molar-refractivity contribution in [3.8, 4) is 16.9 Å². The van der Waals surface area contributed by atoms with Gasteiger partial charge in [0.2, 0.25) is 0 Å². The molecule has 2 aromatic rings. The van der Waals surface area contributed by atoms with Gasteiger partial charge in [0.05, 0.1) is 6.61 Å². The molecule has 2 rings (SSSR count). The van der Waals surface area contributed by atoms with Crippen LogP contribution in [0, 0.1) is 5.82 Å². The molecule has 0 aliphatic rings. The van der Waals surface area contributed by atoms with Crippen molar-refractivity contribution < 1.29 is 31.9 Å². The molecule has 0 fully saturated rings. The third-order valence-electron chi connectivity index (χ3n) is 3.89. The molecule has 0 saturated carbocycles. The molecule has 28 heavy (non-hydrogen) atoms. The van der Waals surface area contributed by atoms with Crippen molar-refractivity contribution in [3.05, 3.63) is 47.8 Å². The largest absolute Gasteiger partial charge is 0.481 e. The lowest BCUT2D eigenvalue weighted by atomic mass is 10.0. The number of hydrogen-bond acceptors (Lipinski definition) is 6. The minimum absolute atomic E-state index is 0.240. The molecule has 0 heterocycles. The van der Waals surface area contributed by atoms with E-state index in [1.165, 1.54) is 30.3 Å². The average Bonchev–Trinajstić information content (AvgIpc) is 2.66. The summed E-state index contributed by atoms with van der Waals surface area (Å²) in [7, 11) is -3.79. The predicted molar refractivity (Wildman–Crippen MR) is 102 cm³/mol. The van der Waals surface area contributed by atoms with E-state index in [-0.39, 0.29) is 12.4 Å². The van der Waals surface area contributed by atoms with Crippen LogP contribution in [0.5, 0.6) is 5.75 Å². The van der Waals surface area contributed by atoms with Crippen molar-refractivity contribution in [1.82, 2.24) is 0 Å². The molecule has 0 spiro atoms. The number of esters is 1. The molecule has 0 aliphatic carbocycles. The van der Waals surface area contributed by atoms with Gasteiger partial charge in [-0.2, -0.15) is 0 Å². The maximum atomic E-state index is 13.9. The van der Waals surface area contributed by atoms with E-state index in [1.807, 2.05) is 6.92 Å². The van der Waals surface area contributed by atoms with E-state index < -0.39 is 26.5 Å². The highest BCUT2D eigenvalue weighted by Crippen LogP contribution is 2.33. The van der Waals surface area contributed by atoms with Crippen molar-refractivity contribution in [2.24, 2.45) is 0 Å². The van der Waals surface area contributed by atoms with Gasteiger partial charge in [0.15, 0.2) is 16.4 Å². The number of unbranched alkanes of at least 4 members (excludes halogenated alkanes) is 1. The van der Waals surface area contributed by atoms with Crippen molar-refractivity contribution in [1.29, 1.82) is 0 Å². The Bertz CT molecular complexity index is 969. The summed E-state index contributed by atoms with van der Waals surface area (Å²) in [4.78, 5) is 22.4. The van der Waals surface area contributed by atoms with Crippen LogP contribution < -0.4 is 4.74 Å². The summed E-state index contributed by atoms with van der Waals surface area (Å²) >= 11 is 0. The van der Waals surface area contributed by atoms with Gasteiger partial charge in [0.1, 0.15) is 22.7 Å². The number of carbonyl (C=O) groups excluding carboxylic acids is 2. The van der Waals surface area contributed by atoms with Gasteiger partial charge in [-0.3, -0.25) is 4.79 Å². The number of halogens is 1. The number of benzene rings is 2. The van der Waals surface area contributed by atoms with E-state index in [4.69, 9.17) is 9.47 Å². The first-order chi connectivity index (χ1) is 13.3. The number of rotatable bonds is 9. The summed E-state index contributed by atoms with van der Waals surface area (Å²) in [5.74, 6) is -1.18. The maximum Gasteiger partial charge on any atom is 0.344 e. The van der Waals surface area contributed by atoms with Crippen LogP contribution in [0.15, 0.2) is 41.3 Å². The van der Waals surface area contributed by atoms with Gasteiger partial charge in [-0.1, -0.05) is 19.4 Å². The topological polar surface area (TPSA) is 86.7 Å². The van der Waals surface area contributed by atoms with Gasteiger partial charge in [0, 0.05) is 17.4 Å². The second-order valence-electron chi connectivity index (χ2n) is 6.15. The fraction of sp³-hybridized carbons (Fsp3) is 0.300. The lowest BCUT2D eigenvalue weighted by molar-refractivity contribution is -0.146. The molecular weight excluding hydrogens is 387 g/mol. The van der Waals surface area contributed by atoms with E-state index in [0.29, 0.717) is 29.6 Å². The smallest absolute Gasteiger partial charge is 0.344 e. The molecule has 0 aromatic heterocycles. The fourth-order valence-corrected chi connectivity index (χ4v) is 3.20. The Hall–Kier alpha value is -2.74. The molecule has 2 aromatic carbocycles. The highest BCUT2D eigenvalue weighted by molar-refractivity contribution is 7.90. The van der Waals surface area contributed by atoms with Gasteiger partial charge in [-0.05, 0) is 42.3 Å². The molecule has 0 unspecified atom stereocenters. The summed E-state index contributed by atoms with van der Waals surface area (Å²) in [5.41, 5.74) is 1.01. The van der Waals surface area contributed by atoms with Crippen molar-refractivity contribution in [3.63, 3.8) is 0 Å². The van der Waals surface area contributed by atoms with Crippen molar-refractivity contribution in [2.45, 2.75) is 24.7 Å². The van der Waals surface area contributed by atoms with E-state index in [2.05, 4.69) is 0 Å². The first-order valence-corrected chi connectivity index (χ1v) is 10.5. The molecule has 0 radical (unpaired) electrons. The summed E-state index contributed by atoms with van der Waals surface area (Å²) in [6.07, 6.45) is 3.15. The van der Waals surface area contributed by atoms with Crippen LogP contribution in [-0.2, 0) is 19.4 Å². The van der Waals surface area contributed by atoms with Crippen LogP contribution in [0.2, 0.25) is 0 Å². The number of carbonyl (C=O) groups is 2. The standard InChI is InChI=1S/C20H21FO6S/c1-3-4-9-26-20(23)13-27-18-8-5-14(12-22)10-16(18)15-6-7-17(21)19(11-15)28(2,24)25/h5-8,10-12H,3-4,9,13H2,1-2H3. The summed E-state index contributed by atoms with van der Waals surface area (Å²) < 4.78 is 48.0. The molecule has 0 amide bonds. The number of ether oxygens (including phenoxy) is 2. The fourth-order valence-electron chi connectivity index (χ4n) is 2.44. The van der Waals surface area contributed by atoms with Crippen LogP contribution in [0.4, 0.5) is 4.39 Å². The van der Waals surface area contributed by atoms with Gasteiger partial charge in [-0.25, -0.2) is 17.6 Å². The highest BCUT2D eigenvalue weighted by atomic mass is 32.2. The third-order valence-corrected chi connectivity index (χ3v) is 5.00. The Balaban J connectivity index is 2.36. The number of sulfone groups is 1. The Kier molecular flexibility index (Phi) is 7.28. The van der Waals surface area contributed by atoms with Gasteiger partial charge in [0.25, 0.3) is 0 Å². The average molecular weight is 408 g/mol. The molecule has 0 aliphatic heterocycles. The van der Waals surface area contributed by atoms with Crippen LogP contribution in [0.3, 0.4) is 0 Å². The highest BCUT2D eigenvalue weighted by Gasteiger charge is 2.17. The summed E-state index contributed by atoms with van der Waals surface area (Å²) in [6, 6.07) is 8.03. The third kappa shape index (κ3) is 5.63. The Morgan fingerprint density at radius 2 is 1.93 bits per heavy atom. The minimum Gasteiger partial charge on any atom is -0.481 e. The molecular formula is C20H21FO6S. The number of hydrogen-bond donors (Lipinski definition) is 0. The maximum absolute atomic E-state index is 13.9. The molecule has 8 heteroatoms. The summed E-state index contributed by atoms with van der Waals surface area (Å²) in [6.45, 7) is 1.92. The Morgan fingerprint density at radius 1 is 1.18 bits per heavy atom. The van der Waals surface area contributed by atoms with Crippen LogP contribution in [0.1, 0.15) is 30.1 Å². The molecule has 0 saturated heterocycles. The lowest BCUT2D eigenvalue weighted by Gasteiger charge is -2.13. The van der Waals surface area contributed by atoms with E-state index in [1.54, 1.807) is 0 Å². The predicted octanol–water partition coefficient (Wildman–Crippen LogP) is 3.43. The monoisotopic (exact) mass is 408 g/mol. The lowest BCUT2D eigenvalue weighted by Crippen LogP contribution is -2.15. The first kappa shape index (κ1) is 21.6. The molecule has 0 N–H and O–H groups in total. The number of aldehydes is 1. The molecule has 0 atom stereocenters. The SMILES string of the molecule is CCCCOC(=O)COc1ccc(C=O)cc1-c1ccc(F)c(S(C)(=O)=O)c1. The van der Waals surface area contributed by atoms with Gasteiger partial charge in [-0.15, -0.1) is 0 Å². The van der Waals surface area contributed by atoms with E-state index in [9.17, 15) is 22.4 Å². The van der Waals surface area contributed by atoms with E-state index >= 15 is 0 Å². The zero-order valence-corrected chi connectivity index (χ0v) is 16.4. The second kappa shape index (κ2) is 9.45. The van der Waals surface area contributed by atoms with Crippen molar-refractivity contribution >= 4 is 22.1 Å². The van der Waals surface area contributed by atoms with Crippen LogP contribution in [-0.4, -0.2) is 40.1 Å². The summed E-state index contributed by atoms with van der Waals surface area (Å²) in [5, 5.41) is 0. The van der Waals surface area contributed by atoms with Gasteiger partial charge < -0.3 is 9.47 Å². The minimum atomic E-state index is -3.79. The normalized spacial score (nSPS) is 11.1. The van der Waals surface area contributed by atoms with E-state index in [0.717, 1.165) is 25.2 Å². The van der Waals surface area contributed by atoms with Crippen LogP contribution in [0.25, 0.3) is 11.1 Å². The quantitative estimate of drug-likeness (QED) is 0.359. The Labute approximate surface area is 163 Å². The molecule has 0 bridgehead atoms. The van der Waals surface area contributed by atoms with Gasteiger partial charge >= 0.3 is 5.97 Å². The first-order valence-electron chi connectivity index (χ1n) is 8.64. The molecule has 6 nitrogen and oxygen atoms in total. The van der Waals surface area contributed by atoms with Crippen LogP contribution >= 0.6 is 0 Å². The molecule has 150 valence electrons. The Morgan fingerprint density at radius 3 is 2.57 bits per heavy atom. The zero-order valence-electron chi connectivity index (χ0n) is 15.6. The second-order valence-corrected chi connectivity index (χ2v) is 8.14.